The second-order valence-electron chi connectivity index (χ2n) is 12.5. The monoisotopic (exact) mass is 520 g/mol. The van der Waals surface area contributed by atoms with Gasteiger partial charge in [0.2, 0.25) is 0 Å². The Morgan fingerprint density at radius 3 is 1.40 bits per heavy atom. The largest absolute Gasteiger partial charge is 0.0579 e. The third-order valence-corrected chi connectivity index (χ3v) is 9.01. The zero-order valence-electron chi connectivity index (χ0n) is 21.8. The van der Waals surface area contributed by atoms with Crippen molar-refractivity contribution in [1.82, 2.24) is 0 Å². The predicted octanol–water partition coefficient (Wildman–Crippen LogP) is 10.0. The molecular formula is C34H33Br. The Morgan fingerprint density at radius 1 is 0.514 bits per heavy atom. The van der Waals surface area contributed by atoms with Gasteiger partial charge in [-0.1, -0.05) is 113 Å². The minimum atomic E-state index is -0.0138. The van der Waals surface area contributed by atoms with Crippen LogP contribution < -0.4 is 0 Å². The lowest BCUT2D eigenvalue weighted by molar-refractivity contribution is 0.584. The fraction of sp³-hybridized carbons (Fsp3) is 0.294. The van der Waals surface area contributed by atoms with Crippen LogP contribution in [0.5, 0.6) is 0 Å². The van der Waals surface area contributed by atoms with Gasteiger partial charge in [-0.25, -0.2) is 0 Å². The van der Waals surface area contributed by atoms with Crippen molar-refractivity contribution in [3.05, 3.63) is 105 Å². The number of rotatable bonds is 1. The van der Waals surface area contributed by atoms with Crippen molar-refractivity contribution < 1.29 is 0 Å². The van der Waals surface area contributed by atoms with E-state index in [0.29, 0.717) is 0 Å². The van der Waals surface area contributed by atoms with Crippen LogP contribution in [-0.4, -0.2) is 0 Å². The van der Waals surface area contributed by atoms with Crippen LogP contribution in [0.15, 0.2) is 77.3 Å². The summed E-state index contributed by atoms with van der Waals surface area (Å²) >= 11 is 3.68. The molecule has 0 heterocycles. The van der Waals surface area contributed by atoms with Gasteiger partial charge in [0.15, 0.2) is 0 Å². The van der Waals surface area contributed by atoms with Crippen LogP contribution in [0.1, 0.15) is 76.3 Å². The van der Waals surface area contributed by atoms with Gasteiger partial charge in [-0.15, -0.1) is 0 Å². The summed E-state index contributed by atoms with van der Waals surface area (Å²) in [6.45, 7) is 16.4. The van der Waals surface area contributed by atoms with Crippen molar-refractivity contribution >= 4 is 15.9 Å². The highest BCUT2D eigenvalue weighted by molar-refractivity contribution is 9.10. The maximum absolute atomic E-state index is 3.68. The van der Waals surface area contributed by atoms with E-state index in [1.807, 2.05) is 0 Å². The Labute approximate surface area is 218 Å². The van der Waals surface area contributed by atoms with Crippen molar-refractivity contribution in [2.75, 3.05) is 0 Å². The first-order valence-corrected chi connectivity index (χ1v) is 13.4. The highest BCUT2D eigenvalue weighted by atomic mass is 79.9. The van der Waals surface area contributed by atoms with Gasteiger partial charge in [0.25, 0.3) is 0 Å². The topological polar surface area (TPSA) is 0 Å². The predicted molar refractivity (Wildman–Crippen MR) is 153 cm³/mol. The van der Waals surface area contributed by atoms with E-state index < -0.39 is 0 Å². The molecule has 4 aromatic carbocycles. The molecule has 176 valence electrons. The molecule has 0 fully saturated rings. The number of hydrogen-bond acceptors (Lipinski definition) is 0. The first-order valence-electron chi connectivity index (χ1n) is 12.6. The third kappa shape index (κ3) is 3.24. The maximum Gasteiger partial charge on any atom is 0.0178 e. The lowest BCUT2D eigenvalue weighted by Crippen LogP contribution is -2.17. The van der Waals surface area contributed by atoms with Gasteiger partial charge in [0.05, 0.1) is 0 Å². The molecule has 35 heavy (non-hydrogen) atoms. The summed E-state index contributed by atoms with van der Waals surface area (Å²) in [6, 6.07) is 28.0. The maximum atomic E-state index is 3.68. The molecule has 0 radical (unpaired) electrons. The lowest BCUT2D eigenvalue weighted by atomic mass is 9.78. The Bertz CT molecular complexity index is 1530. The molecule has 0 aliphatic heterocycles. The summed E-state index contributed by atoms with van der Waals surface area (Å²) in [5.41, 5.74) is 15.3. The van der Waals surface area contributed by atoms with Gasteiger partial charge < -0.3 is 0 Å². The zero-order chi connectivity index (χ0) is 24.9. The highest BCUT2D eigenvalue weighted by Crippen LogP contribution is 2.52. The van der Waals surface area contributed by atoms with Gasteiger partial charge in [-0.3, -0.25) is 0 Å². The molecule has 0 atom stereocenters. The fourth-order valence-electron chi connectivity index (χ4n) is 6.27. The van der Waals surface area contributed by atoms with E-state index >= 15 is 0 Å². The average Bonchev–Trinajstić information content (AvgIpc) is 3.17. The molecule has 0 unspecified atom stereocenters. The molecule has 0 saturated heterocycles. The lowest BCUT2D eigenvalue weighted by Gasteiger charge is -2.25. The van der Waals surface area contributed by atoms with E-state index in [1.165, 1.54) is 61.2 Å². The second kappa shape index (κ2) is 7.20. The molecule has 2 aliphatic rings. The van der Waals surface area contributed by atoms with Crippen molar-refractivity contribution in [2.24, 2.45) is 0 Å². The summed E-state index contributed by atoms with van der Waals surface area (Å²) in [5, 5.41) is 0. The molecule has 0 spiro atoms. The van der Waals surface area contributed by atoms with Gasteiger partial charge in [-0.2, -0.15) is 0 Å². The normalized spacial score (nSPS) is 16.5. The first-order chi connectivity index (χ1) is 16.4. The molecule has 0 saturated carbocycles. The van der Waals surface area contributed by atoms with Crippen LogP contribution in [0.4, 0.5) is 0 Å². The van der Waals surface area contributed by atoms with Crippen LogP contribution in [0.3, 0.4) is 0 Å². The number of benzene rings is 4. The van der Waals surface area contributed by atoms with Gasteiger partial charge >= 0.3 is 0 Å². The third-order valence-electron chi connectivity index (χ3n) is 8.51. The van der Waals surface area contributed by atoms with E-state index in [1.54, 1.807) is 0 Å². The van der Waals surface area contributed by atoms with Gasteiger partial charge in [0.1, 0.15) is 0 Å². The van der Waals surface area contributed by atoms with Crippen LogP contribution in [-0.2, 0) is 16.2 Å². The van der Waals surface area contributed by atoms with E-state index in [9.17, 15) is 0 Å². The van der Waals surface area contributed by atoms with Crippen LogP contribution in [0.25, 0.3) is 33.4 Å². The van der Waals surface area contributed by atoms with Crippen LogP contribution >= 0.6 is 15.9 Å². The number of fused-ring (bicyclic) bond motifs is 6. The molecular weight excluding hydrogens is 488 g/mol. The average molecular weight is 522 g/mol. The van der Waals surface area contributed by atoms with E-state index in [-0.39, 0.29) is 16.2 Å². The molecule has 0 amide bonds. The molecule has 1 heteroatoms. The molecule has 4 aromatic rings. The fourth-order valence-corrected chi connectivity index (χ4v) is 6.63. The zero-order valence-corrected chi connectivity index (χ0v) is 23.4. The van der Waals surface area contributed by atoms with Crippen molar-refractivity contribution in [1.29, 1.82) is 0 Å². The summed E-state index contributed by atoms with van der Waals surface area (Å²) < 4.78 is 1.15. The second-order valence-corrected chi connectivity index (χ2v) is 13.4. The Morgan fingerprint density at radius 2 is 0.914 bits per heavy atom. The summed E-state index contributed by atoms with van der Waals surface area (Å²) in [5.74, 6) is 0. The molecule has 0 N–H and O–H groups in total. The summed E-state index contributed by atoms with van der Waals surface area (Å²) in [4.78, 5) is 0. The van der Waals surface area contributed by atoms with E-state index in [4.69, 9.17) is 0 Å². The Balaban J connectivity index is 1.46. The number of hydrogen-bond donors (Lipinski definition) is 0. The quantitative estimate of drug-likeness (QED) is 0.234. The van der Waals surface area contributed by atoms with Crippen LogP contribution in [0, 0.1) is 0 Å². The van der Waals surface area contributed by atoms with Crippen molar-refractivity contribution in [3.8, 4) is 33.4 Å². The Hall–Kier alpha value is -2.64. The minimum absolute atomic E-state index is 0.0134. The molecule has 0 bridgehead atoms. The van der Waals surface area contributed by atoms with Gasteiger partial charge in [-0.05, 0) is 90.9 Å². The van der Waals surface area contributed by atoms with Crippen molar-refractivity contribution in [3.63, 3.8) is 0 Å². The number of halogens is 1. The minimum Gasteiger partial charge on any atom is -0.0579 e. The summed E-state index contributed by atoms with van der Waals surface area (Å²) in [7, 11) is 0. The van der Waals surface area contributed by atoms with E-state index in [2.05, 4.69) is 137 Å². The molecule has 0 nitrogen and oxygen atoms in total. The molecule has 2 aliphatic carbocycles. The first kappa shape index (κ1) is 22.8. The molecule has 0 aromatic heterocycles. The molecule has 6 rings (SSSR count). The Kier molecular flexibility index (Phi) is 4.69. The van der Waals surface area contributed by atoms with Gasteiger partial charge in [0, 0.05) is 15.3 Å². The summed E-state index contributed by atoms with van der Waals surface area (Å²) in [6.07, 6.45) is 0. The standard InChI is InChI=1S/C34H33Br/c1-32(2,3)22-10-14-26-24-12-8-20(16-28(24)33(4,5)30(26)18-22)21-9-13-25-27-15-11-23(35)19-31(27)34(6,7)29(25)17-21/h8-19H,1-7H3. The SMILES string of the molecule is CC(C)(C)c1ccc2c(c1)C(C)(C)c1cc(-c3ccc4c(c3)C(C)(C)c3cc(Br)ccc3-4)ccc1-2. The highest BCUT2D eigenvalue weighted by Gasteiger charge is 2.38. The van der Waals surface area contributed by atoms with E-state index in [0.717, 1.165) is 4.47 Å². The van der Waals surface area contributed by atoms with Crippen LogP contribution in [0.2, 0.25) is 0 Å². The van der Waals surface area contributed by atoms with Crippen molar-refractivity contribution in [2.45, 2.75) is 64.7 Å². The smallest absolute Gasteiger partial charge is 0.0178 e.